The van der Waals surface area contributed by atoms with E-state index in [-0.39, 0.29) is 0 Å². The number of anilines is 2. The molecule has 4 rings (SSSR count). The summed E-state index contributed by atoms with van der Waals surface area (Å²) in [5, 5.41) is 0. The highest BCUT2D eigenvalue weighted by Crippen LogP contribution is 2.52. The van der Waals surface area contributed by atoms with Crippen molar-refractivity contribution in [3.63, 3.8) is 0 Å². The van der Waals surface area contributed by atoms with Crippen LogP contribution in [0.1, 0.15) is 61.8 Å². The van der Waals surface area contributed by atoms with Crippen LogP contribution in [0.5, 0.6) is 11.5 Å². The van der Waals surface area contributed by atoms with Crippen LogP contribution in [-0.2, 0) is 10.3 Å². The molecule has 0 aliphatic carbocycles. The fourth-order valence-corrected chi connectivity index (χ4v) is 5.22. The monoisotopic (exact) mass is 503 g/mol. The second-order valence-electron chi connectivity index (χ2n) is 8.81. The predicted octanol–water partition coefficient (Wildman–Crippen LogP) is 5.64. The Morgan fingerprint density at radius 3 is 1.95 bits per heavy atom. The Hall–Kier alpha value is -3.74. The van der Waals surface area contributed by atoms with Crippen LogP contribution in [0.25, 0.3) is 0 Å². The number of rotatable bonds is 11. The molecule has 0 fully saturated rings. The Kier molecular flexibility index (Phi) is 7.91. The molecule has 1 aliphatic heterocycles. The predicted molar refractivity (Wildman–Crippen MR) is 147 cm³/mol. The fourth-order valence-electron chi connectivity index (χ4n) is 5.22. The summed E-state index contributed by atoms with van der Waals surface area (Å²) < 4.78 is 18.5. The van der Waals surface area contributed by atoms with Gasteiger partial charge in [-0.05, 0) is 71.0 Å². The minimum absolute atomic E-state index is 0.423. The van der Waals surface area contributed by atoms with E-state index in [1.165, 1.54) is 0 Å². The molecule has 2 heterocycles. The van der Waals surface area contributed by atoms with Crippen LogP contribution in [0.4, 0.5) is 11.4 Å². The van der Waals surface area contributed by atoms with Gasteiger partial charge in [-0.25, -0.2) is 4.79 Å². The lowest BCUT2D eigenvalue weighted by atomic mass is 9.81. The van der Waals surface area contributed by atoms with Gasteiger partial charge in [-0.3, -0.25) is 4.98 Å². The molecule has 1 aromatic heterocycles. The summed E-state index contributed by atoms with van der Waals surface area (Å²) in [6.07, 6.45) is 1.69. The third-order valence-electron chi connectivity index (χ3n) is 7.07. The molecule has 0 saturated carbocycles. The van der Waals surface area contributed by atoms with Crippen LogP contribution in [0, 0.1) is 0 Å². The molecule has 0 radical (unpaired) electrons. The first-order valence-electron chi connectivity index (χ1n) is 13.1. The highest BCUT2D eigenvalue weighted by Gasteiger charge is 2.53. The maximum Gasteiger partial charge on any atom is 0.341 e. The number of carbonyl (C=O) groups excluding carboxylic acids is 1. The lowest BCUT2D eigenvalue weighted by Gasteiger charge is -2.33. The topological polar surface area (TPSA) is 64.1 Å². The largest absolute Gasteiger partial charge is 0.496 e. The van der Waals surface area contributed by atoms with Crippen molar-refractivity contribution in [3.05, 3.63) is 77.1 Å². The molecule has 1 atom stereocenters. The van der Waals surface area contributed by atoms with E-state index in [4.69, 9.17) is 19.2 Å². The molecule has 0 bridgehead atoms. The third-order valence-corrected chi connectivity index (χ3v) is 7.07. The Morgan fingerprint density at radius 1 is 0.838 bits per heavy atom. The number of pyridine rings is 1. The van der Waals surface area contributed by atoms with E-state index >= 15 is 0 Å². The van der Waals surface area contributed by atoms with Gasteiger partial charge in [-0.2, -0.15) is 0 Å². The number of aromatic nitrogens is 1. The summed E-state index contributed by atoms with van der Waals surface area (Å²) in [6, 6.07) is 15.6. The van der Waals surface area contributed by atoms with Crippen molar-refractivity contribution in [2.24, 2.45) is 0 Å². The van der Waals surface area contributed by atoms with Gasteiger partial charge < -0.3 is 24.0 Å². The lowest BCUT2D eigenvalue weighted by molar-refractivity contribution is 0.0229. The van der Waals surface area contributed by atoms with Crippen LogP contribution < -0.4 is 19.3 Å². The lowest BCUT2D eigenvalue weighted by Crippen LogP contribution is -2.32. The van der Waals surface area contributed by atoms with Crippen LogP contribution in [-0.4, -0.2) is 50.8 Å². The zero-order valence-corrected chi connectivity index (χ0v) is 22.7. The summed E-state index contributed by atoms with van der Waals surface area (Å²) >= 11 is 0. The van der Waals surface area contributed by atoms with Crippen molar-refractivity contribution in [1.29, 1.82) is 0 Å². The number of cyclic esters (lactones) is 1. The van der Waals surface area contributed by atoms with Crippen LogP contribution in [0.15, 0.2) is 54.7 Å². The van der Waals surface area contributed by atoms with Crippen LogP contribution >= 0.6 is 0 Å². The molecule has 1 aliphatic rings. The van der Waals surface area contributed by atoms with Gasteiger partial charge in [0.05, 0.1) is 19.3 Å². The van der Waals surface area contributed by atoms with Gasteiger partial charge in [0.2, 0.25) is 5.60 Å². The maximum atomic E-state index is 13.3. The average Bonchev–Trinajstić information content (AvgIpc) is 3.23. The second-order valence-corrected chi connectivity index (χ2v) is 8.81. The van der Waals surface area contributed by atoms with Gasteiger partial charge in [0.25, 0.3) is 0 Å². The molecule has 2 aromatic carbocycles. The number of benzene rings is 2. The minimum Gasteiger partial charge on any atom is -0.496 e. The van der Waals surface area contributed by atoms with Gasteiger partial charge in [0, 0.05) is 67.0 Å². The smallest absolute Gasteiger partial charge is 0.341 e. The molecular weight excluding hydrogens is 466 g/mol. The van der Waals surface area contributed by atoms with Crippen molar-refractivity contribution in [3.8, 4) is 11.5 Å². The Bertz CT molecular complexity index is 1250. The highest BCUT2D eigenvalue weighted by molar-refractivity contribution is 5.96. The molecule has 7 heteroatoms. The quantitative estimate of drug-likeness (QED) is 0.314. The number of hydrogen-bond donors (Lipinski definition) is 0. The fraction of sp³-hybridized carbons (Fsp3) is 0.400. The molecule has 0 amide bonds. The van der Waals surface area contributed by atoms with Gasteiger partial charge in [0.15, 0.2) is 0 Å². The van der Waals surface area contributed by atoms with E-state index in [0.717, 1.165) is 37.6 Å². The zero-order valence-electron chi connectivity index (χ0n) is 22.7. The van der Waals surface area contributed by atoms with Crippen molar-refractivity contribution in [2.75, 3.05) is 49.7 Å². The van der Waals surface area contributed by atoms with E-state index in [1.54, 1.807) is 25.4 Å². The SMILES string of the molecule is CCOc1cc(N(CC)CC)ccc1C1(c2ccc(N(CC)CC)cc2OC)OC(=O)c2cccnc21. The van der Waals surface area contributed by atoms with Crippen molar-refractivity contribution < 1.29 is 19.0 Å². The summed E-state index contributed by atoms with van der Waals surface area (Å²) in [7, 11) is 1.64. The second kappa shape index (κ2) is 11.1. The molecule has 7 nitrogen and oxygen atoms in total. The summed E-state index contributed by atoms with van der Waals surface area (Å²) in [5.41, 5.74) is 3.14. The standard InChI is InChI=1S/C30H37N3O4/c1-7-32(8-2)21-14-16-24(26(19-21)35-6)30(28-23(29(34)37-30)13-12-18-31-28)25-17-15-22(33(9-3)10-4)20-27(25)36-11-5/h12-20H,7-11H2,1-6H3. The number of carbonyl (C=O) groups is 1. The van der Waals surface area contributed by atoms with E-state index in [9.17, 15) is 4.79 Å². The Labute approximate surface area is 220 Å². The summed E-state index contributed by atoms with van der Waals surface area (Å²) in [5.74, 6) is 0.840. The molecule has 0 saturated heterocycles. The molecule has 37 heavy (non-hydrogen) atoms. The van der Waals surface area contributed by atoms with Crippen LogP contribution in [0.3, 0.4) is 0 Å². The number of ether oxygens (including phenoxy) is 3. The summed E-state index contributed by atoms with van der Waals surface area (Å²) in [6.45, 7) is 14.4. The molecule has 196 valence electrons. The normalized spacial score (nSPS) is 16.2. The van der Waals surface area contributed by atoms with Crippen LogP contribution in [0.2, 0.25) is 0 Å². The number of hydrogen-bond acceptors (Lipinski definition) is 7. The minimum atomic E-state index is -1.33. The van der Waals surface area contributed by atoms with E-state index < -0.39 is 11.6 Å². The first kappa shape index (κ1) is 26.3. The first-order valence-corrected chi connectivity index (χ1v) is 13.1. The maximum absolute atomic E-state index is 13.3. The highest BCUT2D eigenvalue weighted by atomic mass is 16.6. The van der Waals surface area contributed by atoms with Crippen molar-refractivity contribution in [2.45, 2.75) is 40.2 Å². The molecular formula is C30H37N3O4. The van der Waals surface area contributed by atoms with Gasteiger partial charge in [-0.15, -0.1) is 0 Å². The number of nitrogens with zero attached hydrogens (tertiary/aromatic N) is 3. The zero-order chi connectivity index (χ0) is 26.6. The van der Waals surface area contributed by atoms with Gasteiger partial charge >= 0.3 is 5.97 Å². The number of methoxy groups -OCH3 is 1. The molecule has 1 unspecified atom stereocenters. The number of esters is 1. The van der Waals surface area contributed by atoms with Crippen molar-refractivity contribution >= 4 is 17.3 Å². The first-order chi connectivity index (χ1) is 18.0. The van der Waals surface area contributed by atoms with Gasteiger partial charge in [0.1, 0.15) is 17.2 Å². The van der Waals surface area contributed by atoms with Crippen molar-refractivity contribution in [1.82, 2.24) is 4.98 Å². The van der Waals surface area contributed by atoms with Gasteiger partial charge in [-0.1, -0.05) is 0 Å². The van der Waals surface area contributed by atoms with E-state index in [1.807, 2.05) is 37.3 Å². The number of fused-ring (bicyclic) bond motifs is 1. The third kappa shape index (κ3) is 4.47. The molecule has 0 N–H and O–H groups in total. The molecule has 0 spiro atoms. The Balaban J connectivity index is 2.03. The van der Waals surface area contributed by atoms with E-state index in [0.29, 0.717) is 40.5 Å². The molecule has 3 aromatic rings. The summed E-state index contributed by atoms with van der Waals surface area (Å²) in [4.78, 5) is 22.5. The Morgan fingerprint density at radius 2 is 1.41 bits per heavy atom. The van der Waals surface area contributed by atoms with E-state index in [2.05, 4.69) is 43.6 Å². The average molecular weight is 504 g/mol.